The zero-order valence-electron chi connectivity index (χ0n) is 18.8. The summed E-state index contributed by atoms with van der Waals surface area (Å²) in [4.78, 5) is 17.1. The van der Waals surface area contributed by atoms with Crippen LogP contribution in [0.15, 0.2) is 12.1 Å². The lowest BCUT2D eigenvalue weighted by atomic mass is 9.48. The number of benzene rings is 1. The van der Waals surface area contributed by atoms with Crippen LogP contribution < -0.4 is 0 Å². The van der Waals surface area contributed by atoms with Gasteiger partial charge in [-0.25, -0.2) is 9.78 Å². The average molecular weight is 407 g/mol. The zero-order chi connectivity index (χ0) is 21.2. The van der Waals surface area contributed by atoms with Gasteiger partial charge in [-0.3, -0.25) is 0 Å². The van der Waals surface area contributed by atoms with E-state index in [2.05, 4.69) is 32.9 Å². The van der Waals surface area contributed by atoms with E-state index in [0.29, 0.717) is 11.1 Å². The minimum absolute atomic E-state index is 0.370. The van der Waals surface area contributed by atoms with Crippen molar-refractivity contribution in [1.82, 2.24) is 9.55 Å². The molecule has 4 fully saturated rings. The Morgan fingerprint density at radius 3 is 2.10 bits per heavy atom. The van der Waals surface area contributed by atoms with E-state index in [-0.39, 0.29) is 0 Å². The molecule has 6 rings (SSSR count). The van der Waals surface area contributed by atoms with Gasteiger partial charge < -0.3 is 9.67 Å². The van der Waals surface area contributed by atoms with Crippen LogP contribution in [-0.4, -0.2) is 20.6 Å². The number of nitrogens with zero attached hydrogens (tertiary/aromatic N) is 2. The molecule has 160 valence electrons. The fraction of sp³-hybridized carbons (Fsp3) is 0.615. The summed E-state index contributed by atoms with van der Waals surface area (Å²) >= 11 is 0. The van der Waals surface area contributed by atoms with Crippen molar-refractivity contribution in [2.75, 3.05) is 0 Å². The van der Waals surface area contributed by atoms with Crippen LogP contribution in [0, 0.1) is 43.9 Å². The Kier molecular flexibility index (Phi) is 4.61. The van der Waals surface area contributed by atoms with Gasteiger partial charge in [0.05, 0.1) is 5.69 Å². The van der Waals surface area contributed by atoms with Gasteiger partial charge in [-0.2, -0.15) is 0 Å². The molecule has 0 aliphatic heterocycles. The molecule has 0 saturated heterocycles. The number of hydrogen-bond donors (Lipinski definition) is 1. The summed E-state index contributed by atoms with van der Waals surface area (Å²) in [6, 6.07) is 4.32. The molecular formula is C26H34N2O2. The third kappa shape index (κ3) is 3.19. The first-order chi connectivity index (χ1) is 14.2. The van der Waals surface area contributed by atoms with E-state index in [1.165, 1.54) is 44.1 Å². The number of hydrogen-bond acceptors (Lipinski definition) is 2. The van der Waals surface area contributed by atoms with Crippen molar-refractivity contribution >= 4 is 5.97 Å². The molecule has 4 aliphatic carbocycles. The summed E-state index contributed by atoms with van der Waals surface area (Å²) in [7, 11) is 1.86. The molecule has 4 saturated carbocycles. The number of aromatic nitrogens is 2. The Labute approximate surface area is 179 Å². The fourth-order valence-electron chi connectivity index (χ4n) is 7.73. The summed E-state index contributed by atoms with van der Waals surface area (Å²) in [5, 5.41) is 9.99. The predicted molar refractivity (Wildman–Crippen MR) is 119 cm³/mol. The van der Waals surface area contributed by atoms with Gasteiger partial charge in [-0.05, 0) is 106 Å². The van der Waals surface area contributed by atoms with Crippen molar-refractivity contribution in [3.05, 3.63) is 40.2 Å². The quantitative estimate of drug-likeness (QED) is 0.677. The summed E-state index contributed by atoms with van der Waals surface area (Å²) in [6.45, 7) is 6.29. The monoisotopic (exact) mass is 406 g/mol. The van der Waals surface area contributed by atoms with Crippen molar-refractivity contribution in [2.24, 2.45) is 30.2 Å². The predicted octanol–water partition coefficient (Wildman–Crippen LogP) is 5.86. The number of carboxylic acid groups (broad SMARTS) is 1. The Morgan fingerprint density at radius 2 is 1.60 bits per heavy atom. The van der Waals surface area contributed by atoms with Crippen LogP contribution >= 0.6 is 0 Å². The van der Waals surface area contributed by atoms with Crippen LogP contribution in [0.2, 0.25) is 0 Å². The Balaban J connectivity index is 1.48. The Morgan fingerprint density at radius 1 is 1.07 bits per heavy atom. The van der Waals surface area contributed by atoms with E-state index in [9.17, 15) is 9.90 Å². The van der Waals surface area contributed by atoms with Crippen LogP contribution in [0.4, 0.5) is 0 Å². The lowest BCUT2D eigenvalue weighted by Crippen LogP contribution is -2.46. The normalized spacial score (nSPS) is 29.5. The van der Waals surface area contributed by atoms with E-state index in [0.717, 1.165) is 58.8 Å². The molecule has 0 unspecified atom stereocenters. The standard InChI is InChI=1S/C26H34N2O2/c1-15-7-16(2)22(17(3)8-15)24-27-21(23(25(29)30)28(24)4)5-6-26-12-18-9-19(13-26)11-20(10-18)14-26/h7-8,18-20H,5-6,9-14H2,1-4H3,(H,29,30). The first-order valence-electron chi connectivity index (χ1n) is 11.6. The van der Waals surface area contributed by atoms with Crippen LogP contribution in [0.25, 0.3) is 11.4 Å². The number of aryl methyl sites for hydroxylation is 4. The van der Waals surface area contributed by atoms with Crippen LogP contribution in [0.1, 0.15) is 77.8 Å². The second kappa shape index (κ2) is 6.96. The first kappa shape index (κ1) is 19.8. The van der Waals surface area contributed by atoms with Crippen molar-refractivity contribution in [1.29, 1.82) is 0 Å². The number of aromatic carboxylic acids is 1. The highest BCUT2D eigenvalue weighted by Crippen LogP contribution is 2.61. The molecule has 4 nitrogen and oxygen atoms in total. The summed E-state index contributed by atoms with van der Waals surface area (Å²) < 4.78 is 1.81. The molecule has 2 aromatic rings. The largest absolute Gasteiger partial charge is 0.477 e. The van der Waals surface area contributed by atoms with Crippen molar-refractivity contribution in [3.8, 4) is 11.4 Å². The highest BCUT2D eigenvalue weighted by Gasteiger charge is 2.50. The molecular weight excluding hydrogens is 372 g/mol. The molecule has 30 heavy (non-hydrogen) atoms. The van der Waals surface area contributed by atoms with Gasteiger partial charge >= 0.3 is 5.97 Å². The SMILES string of the molecule is Cc1cc(C)c(-c2nc(CCC34CC5CC(CC(C5)C3)C4)c(C(=O)O)n2C)c(C)c1. The van der Waals surface area contributed by atoms with Crippen molar-refractivity contribution < 1.29 is 9.90 Å². The number of imidazole rings is 1. The molecule has 1 aromatic heterocycles. The first-order valence-corrected chi connectivity index (χ1v) is 11.6. The van der Waals surface area contributed by atoms with Gasteiger partial charge in [-0.15, -0.1) is 0 Å². The lowest BCUT2D eigenvalue weighted by molar-refractivity contribution is -0.0571. The number of carboxylic acids is 1. The van der Waals surface area contributed by atoms with Gasteiger partial charge in [-0.1, -0.05) is 17.7 Å². The van der Waals surface area contributed by atoms with Crippen LogP contribution in [0.5, 0.6) is 0 Å². The van der Waals surface area contributed by atoms with Crippen molar-refractivity contribution in [3.63, 3.8) is 0 Å². The maximum Gasteiger partial charge on any atom is 0.354 e. The maximum atomic E-state index is 12.2. The van der Waals surface area contributed by atoms with Gasteiger partial charge in [0.1, 0.15) is 5.82 Å². The number of rotatable bonds is 5. The van der Waals surface area contributed by atoms with E-state index in [4.69, 9.17) is 4.98 Å². The van der Waals surface area contributed by atoms with E-state index >= 15 is 0 Å². The van der Waals surface area contributed by atoms with Gasteiger partial charge in [0.2, 0.25) is 0 Å². The molecule has 1 heterocycles. The minimum Gasteiger partial charge on any atom is -0.477 e. The average Bonchev–Trinajstić information content (AvgIpc) is 2.94. The maximum absolute atomic E-state index is 12.2. The topological polar surface area (TPSA) is 55.1 Å². The van der Waals surface area contributed by atoms with Gasteiger partial charge in [0, 0.05) is 12.6 Å². The fourth-order valence-corrected chi connectivity index (χ4v) is 7.73. The lowest BCUT2D eigenvalue weighted by Gasteiger charge is -2.57. The molecule has 0 amide bonds. The zero-order valence-corrected chi connectivity index (χ0v) is 18.8. The van der Waals surface area contributed by atoms with Crippen LogP contribution in [0.3, 0.4) is 0 Å². The van der Waals surface area contributed by atoms with E-state index < -0.39 is 5.97 Å². The third-order valence-corrected chi connectivity index (χ3v) is 8.33. The molecule has 4 heteroatoms. The highest BCUT2D eigenvalue weighted by molar-refractivity contribution is 5.88. The Bertz CT molecular complexity index is 958. The second-order valence-corrected chi connectivity index (χ2v) is 10.8. The summed E-state index contributed by atoms with van der Waals surface area (Å²) in [6.07, 6.45) is 10.3. The molecule has 0 spiro atoms. The molecule has 1 aromatic carbocycles. The third-order valence-electron chi connectivity index (χ3n) is 8.33. The van der Waals surface area contributed by atoms with Gasteiger partial charge in [0.25, 0.3) is 0 Å². The van der Waals surface area contributed by atoms with Crippen LogP contribution in [-0.2, 0) is 13.5 Å². The summed E-state index contributed by atoms with van der Waals surface area (Å²) in [5.41, 5.74) is 6.20. The van der Waals surface area contributed by atoms with Gasteiger partial charge in [0.15, 0.2) is 5.69 Å². The summed E-state index contributed by atoms with van der Waals surface area (Å²) in [5.74, 6) is 2.70. The molecule has 4 bridgehead atoms. The smallest absolute Gasteiger partial charge is 0.354 e. The minimum atomic E-state index is -0.862. The molecule has 4 aliphatic rings. The number of carbonyl (C=O) groups is 1. The second-order valence-electron chi connectivity index (χ2n) is 10.8. The highest BCUT2D eigenvalue weighted by atomic mass is 16.4. The molecule has 1 N–H and O–H groups in total. The molecule has 0 atom stereocenters. The molecule has 0 radical (unpaired) electrons. The Hall–Kier alpha value is -2.10. The van der Waals surface area contributed by atoms with Crippen molar-refractivity contribution in [2.45, 2.75) is 72.1 Å². The van der Waals surface area contributed by atoms with E-state index in [1.54, 1.807) is 0 Å². The van der Waals surface area contributed by atoms with E-state index in [1.807, 2.05) is 11.6 Å².